The Hall–Kier alpha value is -1.79. The van der Waals surface area contributed by atoms with E-state index in [1.807, 2.05) is 6.07 Å². The molecule has 6 nitrogen and oxygen atoms in total. The van der Waals surface area contributed by atoms with Crippen LogP contribution in [0.3, 0.4) is 0 Å². The number of guanidine groups is 1. The molecule has 28 heavy (non-hydrogen) atoms. The molecular weight excluding hydrogens is 352 g/mol. The van der Waals surface area contributed by atoms with Crippen LogP contribution in [0.1, 0.15) is 44.6 Å². The van der Waals surface area contributed by atoms with Crippen molar-refractivity contribution in [2.45, 2.75) is 51.7 Å². The Balaban J connectivity index is 1.47. The lowest BCUT2D eigenvalue weighted by molar-refractivity contribution is 0.0376. The van der Waals surface area contributed by atoms with Crippen molar-refractivity contribution in [1.29, 1.82) is 0 Å². The second-order valence-corrected chi connectivity index (χ2v) is 7.56. The Morgan fingerprint density at radius 3 is 2.75 bits per heavy atom. The van der Waals surface area contributed by atoms with Crippen LogP contribution >= 0.6 is 0 Å². The number of hydrogen-bond donors (Lipinski definition) is 2. The minimum Gasteiger partial charge on any atom is -0.490 e. The van der Waals surface area contributed by atoms with Gasteiger partial charge in [0.1, 0.15) is 5.75 Å². The van der Waals surface area contributed by atoms with Gasteiger partial charge in [-0.2, -0.15) is 0 Å². The summed E-state index contributed by atoms with van der Waals surface area (Å²) in [5, 5.41) is 6.81. The monoisotopic (exact) mass is 388 g/mol. The van der Waals surface area contributed by atoms with E-state index in [1.54, 1.807) is 0 Å². The van der Waals surface area contributed by atoms with E-state index in [2.05, 4.69) is 40.7 Å². The molecule has 1 aliphatic carbocycles. The van der Waals surface area contributed by atoms with Gasteiger partial charge >= 0.3 is 0 Å². The highest BCUT2D eigenvalue weighted by atomic mass is 16.5. The van der Waals surface area contributed by atoms with Gasteiger partial charge in [0.05, 0.1) is 25.9 Å². The van der Waals surface area contributed by atoms with E-state index in [0.29, 0.717) is 12.6 Å². The zero-order valence-corrected chi connectivity index (χ0v) is 17.3. The summed E-state index contributed by atoms with van der Waals surface area (Å²) in [6, 6.07) is 8.31. The van der Waals surface area contributed by atoms with E-state index < -0.39 is 0 Å². The molecule has 0 atom stereocenters. The summed E-state index contributed by atoms with van der Waals surface area (Å²) >= 11 is 0. The van der Waals surface area contributed by atoms with Crippen molar-refractivity contribution in [3.05, 3.63) is 29.8 Å². The van der Waals surface area contributed by atoms with Crippen LogP contribution in [0, 0.1) is 0 Å². The largest absolute Gasteiger partial charge is 0.490 e. The first-order valence-corrected chi connectivity index (χ1v) is 10.9. The molecule has 3 rings (SSSR count). The average Bonchev–Trinajstić information content (AvgIpc) is 3.24. The predicted octanol–water partition coefficient (Wildman–Crippen LogP) is 2.79. The molecule has 1 heterocycles. The van der Waals surface area contributed by atoms with E-state index in [-0.39, 0.29) is 0 Å². The van der Waals surface area contributed by atoms with Crippen LogP contribution in [-0.4, -0.2) is 62.9 Å². The van der Waals surface area contributed by atoms with Gasteiger partial charge in [-0.3, -0.25) is 4.90 Å². The SMILES string of the molecule is CCNC(=NCc1ccccc1OC1CCCC1)NCCCN1CCOCC1. The maximum atomic E-state index is 6.24. The van der Waals surface area contributed by atoms with E-state index >= 15 is 0 Å². The van der Waals surface area contributed by atoms with Gasteiger partial charge in [-0.05, 0) is 51.6 Å². The molecule has 6 heteroatoms. The highest BCUT2D eigenvalue weighted by Crippen LogP contribution is 2.27. The van der Waals surface area contributed by atoms with Crippen molar-refractivity contribution < 1.29 is 9.47 Å². The molecular formula is C22H36N4O2. The molecule has 2 aliphatic rings. The fraction of sp³-hybridized carbons (Fsp3) is 0.682. The first kappa shape index (κ1) is 20.9. The van der Waals surface area contributed by atoms with Crippen LogP contribution in [-0.2, 0) is 11.3 Å². The number of nitrogens with one attached hydrogen (secondary N) is 2. The molecule has 1 saturated carbocycles. The average molecular weight is 389 g/mol. The molecule has 0 aromatic heterocycles. The van der Waals surface area contributed by atoms with E-state index in [9.17, 15) is 0 Å². The summed E-state index contributed by atoms with van der Waals surface area (Å²) in [4.78, 5) is 7.25. The molecule has 0 spiro atoms. The number of nitrogens with zero attached hydrogens (tertiary/aromatic N) is 2. The van der Waals surface area contributed by atoms with Crippen LogP contribution < -0.4 is 15.4 Å². The van der Waals surface area contributed by atoms with Gasteiger partial charge in [0.15, 0.2) is 5.96 Å². The maximum Gasteiger partial charge on any atom is 0.191 e. The molecule has 156 valence electrons. The zero-order valence-electron chi connectivity index (χ0n) is 17.3. The summed E-state index contributed by atoms with van der Waals surface area (Å²) in [6.45, 7) is 9.42. The molecule has 1 aliphatic heterocycles. The van der Waals surface area contributed by atoms with Gasteiger partial charge < -0.3 is 20.1 Å². The highest BCUT2D eigenvalue weighted by molar-refractivity contribution is 5.79. The van der Waals surface area contributed by atoms with Crippen molar-refractivity contribution >= 4 is 5.96 Å². The van der Waals surface area contributed by atoms with E-state index in [0.717, 1.165) is 69.6 Å². The molecule has 1 saturated heterocycles. The number of para-hydroxylation sites is 1. The predicted molar refractivity (Wildman–Crippen MR) is 114 cm³/mol. The van der Waals surface area contributed by atoms with Crippen molar-refractivity contribution in [2.24, 2.45) is 4.99 Å². The topological polar surface area (TPSA) is 58.1 Å². The van der Waals surface area contributed by atoms with Gasteiger partial charge in [-0.25, -0.2) is 4.99 Å². The summed E-state index contributed by atoms with van der Waals surface area (Å²) in [6.07, 6.45) is 6.38. The Labute approximate surface area is 169 Å². The number of benzene rings is 1. The van der Waals surface area contributed by atoms with Gasteiger partial charge in [0.25, 0.3) is 0 Å². The molecule has 0 amide bonds. The molecule has 2 N–H and O–H groups in total. The number of aliphatic imine (C=N–C) groups is 1. The van der Waals surface area contributed by atoms with Crippen LogP contribution in [0.5, 0.6) is 5.75 Å². The van der Waals surface area contributed by atoms with Crippen LogP contribution in [0.4, 0.5) is 0 Å². The molecule has 0 unspecified atom stereocenters. The van der Waals surface area contributed by atoms with Crippen LogP contribution in [0.15, 0.2) is 29.3 Å². The second-order valence-electron chi connectivity index (χ2n) is 7.56. The van der Waals surface area contributed by atoms with Crippen LogP contribution in [0.2, 0.25) is 0 Å². The van der Waals surface area contributed by atoms with Crippen molar-refractivity contribution in [3.8, 4) is 5.75 Å². The van der Waals surface area contributed by atoms with Crippen molar-refractivity contribution in [3.63, 3.8) is 0 Å². The number of rotatable bonds is 9. The lowest BCUT2D eigenvalue weighted by Gasteiger charge is -2.26. The second kappa shape index (κ2) is 11.9. The molecule has 1 aromatic rings. The fourth-order valence-corrected chi connectivity index (χ4v) is 3.78. The number of morpholine rings is 1. The van der Waals surface area contributed by atoms with E-state index in [4.69, 9.17) is 14.5 Å². The molecule has 0 bridgehead atoms. The zero-order chi connectivity index (χ0) is 19.4. The summed E-state index contributed by atoms with van der Waals surface area (Å²) in [5.74, 6) is 1.86. The quantitative estimate of drug-likeness (QED) is 0.387. The Morgan fingerprint density at radius 2 is 1.96 bits per heavy atom. The lowest BCUT2D eigenvalue weighted by Crippen LogP contribution is -2.40. The van der Waals surface area contributed by atoms with Gasteiger partial charge in [-0.1, -0.05) is 18.2 Å². The molecule has 0 radical (unpaired) electrons. The smallest absolute Gasteiger partial charge is 0.191 e. The Kier molecular flexibility index (Phi) is 8.91. The van der Waals surface area contributed by atoms with Gasteiger partial charge in [0, 0.05) is 31.7 Å². The summed E-state index contributed by atoms with van der Waals surface area (Å²) in [5.41, 5.74) is 1.15. The Morgan fingerprint density at radius 1 is 1.18 bits per heavy atom. The van der Waals surface area contributed by atoms with E-state index in [1.165, 1.54) is 25.7 Å². The minimum absolute atomic E-state index is 0.372. The molecule has 2 fully saturated rings. The lowest BCUT2D eigenvalue weighted by atomic mass is 10.2. The summed E-state index contributed by atoms with van der Waals surface area (Å²) in [7, 11) is 0. The minimum atomic E-state index is 0.372. The van der Waals surface area contributed by atoms with Crippen molar-refractivity contribution in [1.82, 2.24) is 15.5 Å². The van der Waals surface area contributed by atoms with Crippen molar-refractivity contribution in [2.75, 3.05) is 45.9 Å². The van der Waals surface area contributed by atoms with Crippen LogP contribution in [0.25, 0.3) is 0 Å². The first-order chi connectivity index (χ1) is 13.8. The maximum absolute atomic E-state index is 6.24. The Bertz CT molecular complexity index is 596. The fourth-order valence-electron chi connectivity index (χ4n) is 3.78. The van der Waals surface area contributed by atoms with Gasteiger partial charge in [-0.15, -0.1) is 0 Å². The summed E-state index contributed by atoms with van der Waals surface area (Å²) < 4.78 is 11.6. The molecule has 1 aromatic carbocycles. The standard InChI is InChI=1S/C22H36N4O2/c1-2-23-22(24-12-7-13-26-14-16-27-17-15-26)25-18-19-8-3-6-11-21(19)28-20-9-4-5-10-20/h3,6,8,11,20H,2,4-5,7,9-10,12-18H2,1H3,(H2,23,24,25). The highest BCUT2D eigenvalue weighted by Gasteiger charge is 2.17. The third kappa shape index (κ3) is 6.99. The normalized spacial score (nSPS) is 19.0. The third-order valence-corrected chi connectivity index (χ3v) is 5.37. The first-order valence-electron chi connectivity index (χ1n) is 10.9. The number of hydrogen-bond acceptors (Lipinski definition) is 4. The third-order valence-electron chi connectivity index (χ3n) is 5.37. The number of ether oxygens (including phenoxy) is 2. The van der Waals surface area contributed by atoms with Gasteiger partial charge in [0.2, 0.25) is 0 Å².